The highest BCUT2D eigenvalue weighted by molar-refractivity contribution is 6.00. The molecule has 1 amide bonds. The molecular formula is C15H23N3O. The molecule has 1 aliphatic heterocycles. The van der Waals surface area contributed by atoms with Crippen molar-refractivity contribution >= 4 is 11.6 Å². The van der Waals surface area contributed by atoms with Crippen LogP contribution in [0.5, 0.6) is 0 Å². The van der Waals surface area contributed by atoms with Crippen LogP contribution in [0, 0.1) is 0 Å². The molecule has 1 aliphatic rings. The molecular weight excluding hydrogens is 238 g/mol. The van der Waals surface area contributed by atoms with Gasteiger partial charge in [-0.1, -0.05) is 19.1 Å². The number of hydrogen-bond acceptors (Lipinski definition) is 3. The summed E-state index contributed by atoms with van der Waals surface area (Å²) in [7, 11) is 3.63. The lowest BCUT2D eigenvalue weighted by Gasteiger charge is -2.38. The average molecular weight is 261 g/mol. The second-order valence-electron chi connectivity index (χ2n) is 6.22. The van der Waals surface area contributed by atoms with E-state index in [0.717, 1.165) is 12.1 Å². The molecule has 1 aromatic carbocycles. The molecule has 4 nitrogen and oxygen atoms in total. The maximum absolute atomic E-state index is 12.3. The first kappa shape index (κ1) is 13.9. The number of carbonyl (C=O) groups is 1. The van der Waals surface area contributed by atoms with Crippen molar-refractivity contribution in [1.82, 2.24) is 10.4 Å². The summed E-state index contributed by atoms with van der Waals surface area (Å²) < 4.78 is 0. The van der Waals surface area contributed by atoms with Crippen LogP contribution >= 0.6 is 0 Å². The minimum absolute atomic E-state index is 0.0148. The molecule has 2 N–H and O–H groups in total. The maximum Gasteiger partial charge on any atom is 0.267 e. The fraction of sp³-hybridized carbons (Fsp3) is 0.533. The first-order valence-corrected chi connectivity index (χ1v) is 6.69. The van der Waals surface area contributed by atoms with Gasteiger partial charge in [0.2, 0.25) is 0 Å². The van der Waals surface area contributed by atoms with Gasteiger partial charge in [-0.15, -0.1) is 0 Å². The molecule has 0 spiro atoms. The van der Waals surface area contributed by atoms with Gasteiger partial charge in [-0.3, -0.25) is 10.2 Å². The normalized spacial score (nSPS) is 20.6. The van der Waals surface area contributed by atoms with Crippen LogP contribution in [0.1, 0.15) is 49.0 Å². The third kappa shape index (κ3) is 2.89. The Balaban J connectivity index is 2.43. The Kier molecular flexibility index (Phi) is 3.54. The predicted octanol–water partition coefficient (Wildman–Crippen LogP) is 2.59. The Morgan fingerprint density at radius 1 is 1.42 bits per heavy atom. The molecule has 0 aromatic heterocycles. The second kappa shape index (κ2) is 4.85. The van der Waals surface area contributed by atoms with Gasteiger partial charge in [0.25, 0.3) is 5.91 Å². The van der Waals surface area contributed by atoms with Crippen LogP contribution in [0.4, 0.5) is 5.69 Å². The van der Waals surface area contributed by atoms with Crippen molar-refractivity contribution in [2.75, 3.05) is 19.4 Å². The van der Waals surface area contributed by atoms with E-state index in [2.05, 4.69) is 37.6 Å². The number of nitrogens with one attached hydrogen (secondary N) is 2. The lowest BCUT2D eigenvalue weighted by molar-refractivity contribution is 0.0857. The summed E-state index contributed by atoms with van der Waals surface area (Å²) in [5.74, 6) is 0.387. The van der Waals surface area contributed by atoms with Gasteiger partial charge in [0.05, 0.1) is 11.3 Å². The summed E-state index contributed by atoms with van der Waals surface area (Å²) in [4.78, 5) is 12.3. The van der Waals surface area contributed by atoms with Gasteiger partial charge in [0, 0.05) is 19.6 Å². The molecule has 0 saturated heterocycles. The molecule has 1 heterocycles. The largest absolute Gasteiger partial charge is 0.379 e. The lowest BCUT2D eigenvalue weighted by Crippen LogP contribution is -2.40. The summed E-state index contributed by atoms with van der Waals surface area (Å²) in [5, 5.41) is 5.18. The Labute approximate surface area is 115 Å². The number of rotatable bonds is 2. The minimum Gasteiger partial charge on any atom is -0.379 e. The van der Waals surface area contributed by atoms with Crippen molar-refractivity contribution in [2.24, 2.45) is 0 Å². The average Bonchev–Trinajstić information content (AvgIpc) is 2.25. The number of hydrazine groups is 1. The number of fused-ring (bicyclic) bond motifs is 1. The predicted molar refractivity (Wildman–Crippen MR) is 78.3 cm³/mol. The van der Waals surface area contributed by atoms with E-state index in [1.54, 1.807) is 5.01 Å². The summed E-state index contributed by atoms with van der Waals surface area (Å²) in [6.07, 6.45) is 1.07. The molecule has 2 rings (SSSR count). The van der Waals surface area contributed by atoms with Crippen LogP contribution in [0.15, 0.2) is 18.2 Å². The molecule has 4 heteroatoms. The third-order valence-corrected chi connectivity index (χ3v) is 3.48. The van der Waals surface area contributed by atoms with E-state index in [1.165, 1.54) is 5.56 Å². The van der Waals surface area contributed by atoms with Gasteiger partial charge in [-0.25, -0.2) is 5.01 Å². The van der Waals surface area contributed by atoms with Crippen molar-refractivity contribution in [1.29, 1.82) is 0 Å². The van der Waals surface area contributed by atoms with Crippen LogP contribution < -0.4 is 10.7 Å². The number of anilines is 1. The molecule has 19 heavy (non-hydrogen) atoms. The quantitative estimate of drug-likeness (QED) is 0.804. The zero-order chi connectivity index (χ0) is 14.2. The fourth-order valence-electron chi connectivity index (χ4n) is 2.84. The van der Waals surface area contributed by atoms with Gasteiger partial charge < -0.3 is 5.32 Å². The van der Waals surface area contributed by atoms with Crippen molar-refractivity contribution in [3.63, 3.8) is 0 Å². The highest BCUT2D eigenvalue weighted by Crippen LogP contribution is 2.40. The van der Waals surface area contributed by atoms with E-state index >= 15 is 0 Å². The Morgan fingerprint density at radius 3 is 2.74 bits per heavy atom. The highest BCUT2D eigenvalue weighted by atomic mass is 16.2. The monoisotopic (exact) mass is 261 g/mol. The first-order chi connectivity index (χ1) is 8.80. The third-order valence-electron chi connectivity index (χ3n) is 3.48. The van der Waals surface area contributed by atoms with E-state index in [9.17, 15) is 4.79 Å². The second-order valence-corrected chi connectivity index (χ2v) is 6.22. The Morgan fingerprint density at radius 2 is 2.11 bits per heavy atom. The smallest absolute Gasteiger partial charge is 0.267 e. The van der Waals surface area contributed by atoms with Gasteiger partial charge in [-0.2, -0.15) is 0 Å². The Hall–Kier alpha value is -1.55. The number of nitrogens with zero attached hydrogens (tertiary/aromatic N) is 1. The van der Waals surface area contributed by atoms with Crippen LogP contribution in [-0.2, 0) is 0 Å². The minimum atomic E-state index is -0.0701. The van der Waals surface area contributed by atoms with E-state index in [-0.39, 0.29) is 11.4 Å². The van der Waals surface area contributed by atoms with Crippen molar-refractivity contribution in [2.45, 2.75) is 38.6 Å². The van der Waals surface area contributed by atoms with Crippen LogP contribution in [0.2, 0.25) is 0 Å². The van der Waals surface area contributed by atoms with Crippen LogP contribution in [0.25, 0.3) is 0 Å². The maximum atomic E-state index is 12.3. The molecule has 1 unspecified atom stereocenters. The van der Waals surface area contributed by atoms with Crippen LogP contribution in [-0.4, -0.2) is 30.6 Å². The number of benzene rings is 1. The van der Waals surface area contributed by atoms with Gasteiger partial charge in [-0.05, 0) is 37.8 Å². The first-order valence-electron chi connectivity index (χ1n) is 6.69. The molecule has 0 fully saturated rings. The zero-order valence-corrected chi connectivity index (χ0v) is 12.4. The molecule has 0 aliphatic carbocycles. The number of amides is 1. The lowest BCUT2D eigenvalue weighted by atomic mass is 9.81. The van der Waals surface area contributed by atoms with Crippen molar-refractivity contribution in [3.05, 3.63) is 29.3 Å². The van der Waals surface area contributed by atoms with Crippen LogP contribution in [0.3, 0.4) is 0 Å². The summed E-state index contributed by atoms with van der Waals surface area (Å²) in [6.45, 7) is 6.56. The summed E-state index contributed by atoms with van der Waals surface area (Å²) in [5.41, 5.74) is 5.74. The molecule has 104 valence electrons. The SMILES string of the molecule is CC1CC(C)(C)Nc2c(C(=O)NN(C)C)cccc21. The summed E-state index contributed by atoms with van der Waals surface area (Å²) >= 11 is 0. The van der Waals surface area contributed by atoms with E-state index in [1.807, 2.05) is 26.2 Å². The number of para-hydroxylation sites is 1. The van der Waals surface area contributed by atoms with E-state index in [4.69, 9.17) is 0 Å². The van der Waals surface area contributed by atoms with Gasteiger partial charge in [0.15, 0.2) is 0 Å². The molecule has 0 bridgehead atoms. The van der Waals surface area contributed by atoms with Gasteiger partial charge in [0.1, 0.15) is 0 Å². The van der Waals surface area contributed by atoms with Gasteiger partial charge >= 0.3 is 0 Å². The summed E-state index contributed by atoms with van der Waals surface area (Å²) in [6, 6.07) is 5.94. The topological polar surface area (TPSA) is 44.4 Å². The molecule has 0 radical (unpaired) electrons. The Bertz CT molecular complexity index is 494. The van der Waals surface area contributed by atoms with Crippen molar-refractivity contribution in [3.8, 4) is 0 Å². The zero-order valence-electron chi connectivity index (χ0n) is 12.4. The molecule has 1 aromatic rings. The number of hydrogen-bond donors (Lipinski definition) is 2. The van der Waals surface area contributed by atoms with E-state index in [0.29, 0.717) is 11.5 Å². The highest BCUT2D eigenvalue weighted by Gasteiger charge is 2.31. The number of carbonyl (C=O) groups excluding carboxylic acids is 1. The fourth-order valence-corrected chi connectivity index (χ4v) is 2.84. The molecule has 0 saturated carbocycles. The van der Waals surface area contributed by atoms with E-state index < -0.39 is 0 Å². The standard InChI is InChI=1S/C15H23N3O/c1-10-9-15(2,3)16-13-11(10)7-6-8-12(13)14(19)17-18(4)5/h6-8,10,16H,9H2,1-5H3,(H,17,19). The van der Waals surface area contributed by atoms with Crippen molar-refractivity contribution < 1.29 is 4.79 Å². The molecule has 1 atom stereocenters.